The third kappa shape index (κ3) is 4.93. The van der Waals surface area contributed by atoms with Gasteiger partial charge in [0.05, 0.1) is 0 Å². The number of hydrogen-bond acceptors (Lipinski definition) is 3. The molecule has 0 heterocycles. The van der Waals surface area contributed by atoms with E-state index < -0.39 is 0 Å². The van der Waals surface area contributed by atoms with Crippen LogP contribution in [0.1, 0.15) is 22.8 Å². The van der Waals surface area contributed by atoms with E-state index in [0.29, 0.717) is 17.2 Å². The molecule has 1 aromatic rings. The molecule has 0 saturated carbocycles. The van der Waals surface area contributed by atoms with Crippen molar-refractivity contribution in [2.45, 2.75) is 12.7 Å². The molecular formula is C12H17N3OS2. The smallest absolute Gasteiger partial charge is 0.269 e. The molecule has 0 radical (unpaired) electrons. The van der Waals surface area contributed by atoms with Crippen LogP contribution in [0.2, 0.25) is 0 Å². The second-order valence-electron chi connectivity index (χ2n) is 3.57. The summed E-state index contributed by atoms with van der Waals surface area (Å²) in [6.45, 7) is 2.64. The summed E-state index contributed by atoms with van der Waals surface area (Å²) in [4.78, 5) is 11.8. The maximum Gasteiger partial charge on any atom is 0.269 e. The van der Waals surface area contributed by atoms with Gasteiger partial charge in [-0.25, -0.2) is 0 Å². The number of nitrogens with one attached hydrogen (secondary N) is 3. The lowest BCUT2D eigenvalue weighted by atomic mass is 10.1. The minimum absolute atomic E-state index is 0.203. The second-order valence-corrected chi connectivity index (χ2v) is 4.84. The van der Waals surface area contributed by atoms with Gasteiger partial charge in [-0.1, -0.05) is 12.1 Å². The molecule has 0 unspecified atom stereocenters. The number of rotatable bonds is 4. The molecule has 6 heteroatoms. The molecule has 1 amide bonds. The van der Waals surface area contributed by atoms with Crippen LogP contribution in [0.5, 0.6) is 0 Å². The number of carbonyl (C=O) groups is 1. The Kier molecular flexibility index (Phi) is 6.53. The van der Waals surface area contributed by atoms with E-state index in [4.69, 9.17) is 12.2 Å². The number of thioether (sulfide) groups is 1. The highest BCUT2D eigenvalue weighted by Gasteiger charge is 2.05. The fourth-order valence-corrected chi connectivity index (χ4v) is 2.03. The van der Waals surface area contributed by atoms with E-state index in [1.165, 1.54) is 5.56 Å². The number of benzene rings is 1. The van der Waals surface area contributed by atoms with E-state index in [9.17, 15) is 4.79 Å². The van der Waals surface area contributed by atoms with Gasteiger partial charge in [-0.15, -0.1) is 0 Å². The van der Waals surface area contributed by atoms with Crippen LogP contribution in [-0.4, -0.2) is 23.8 Å². The van der Waals surface area contributed by atoms with Gasteiger partial charge in [-0.05, 0) is 43.1 Å². The summed E-state index contributed by atoms with van der Waals surface area (Å²) in [5, 5.41) is 3.29. The molecule has 0 aromatic heterocycles. The molecule has 0 saturated heterocycles. The Balaban J connectivity index is 2.48. The highest BCUT2D eigenvalue weighted by atomic mass is 32.2. The van der Waals surface area contributed by atoms with Crippen molar-refractivity contribution >= 4 is 35.0 Å². The fraction of sp³-hybridized carbons (Fsp3) is 0.333. The standard InChI is InChI=1S/C12H17N3OS2/c1-3-13-12(17)15-14-11(16)10-6-4-9(5-7-10)8-18-2/h4-7H,3,8H2,1-2H3,(H,14,16)(H2,13,15,17). The molecule has 1 rings (SSSR count). The molecular weight excluding hydrogens is 266 g/mol. The van der Waals surface area contributed by atoms with E-state index in [-0.39, 0.29) is 5.91 Å². The quantitative estimate of drug-likeness (QED) is 0.580. The molecule has 4 nitrogen and oxygen atoms in total. The Morgan fingerprint density at radius 1 is 1.28 bits per heavy atom. The van der Waals surface area contributed by atoms with Crippen molar-refractivity contribution in [1.29, 1.82) is 0 Å². The Morgan fingerprint density at radius 2 is 1.94 bits per heavy atom. The maximum absolute atomic E-state index is 11.8. The van der Waals surface area contributed by atoms with Crippen LogP contribution in [0.3, 0.4) is 0 Å². The first kappa shape index (κ1) is 14.8. The van der Waals surface area contributed by atoms with Gasteiger partial charge in [0.2, 0.25) is 0 Å². The van der Waals surface area contributed by atoms with Crippen LogP contribution in [0.25, 0.3) is 0 Å². The Hall–Kier alpha value is -1.27. The van der Waals surface area contributed by atoms with E-state index in [1.807, 2.05) is 25.3 Å². The first-order chi connectivity index (χ1) is 8.67. The van der Waals surface area contributed by atoms with E-state index >= 15 is 0 Å². The first-order valence-corrected chi connectivity index (χ1v) is 7.39. The van der Waals surface area contributed by atoms with Gasteiger partial charge in [-0.3, -0.25) is 15.6 Å². The normalized spacial score (nSPS) is 9.67. The zero-order chi connectivity index (χ0) is 13.4. The van der Waals surface area contributed by atoms with Gasteiger partial charge in [0.1, 0.15) is 0 Å². The largest absolute Gasteiger partial charge is 0.362 e. The van der Waals surface area contributed by atoms with Crippen LogP contribution < -0.4 is 16.2 Å². The van der Waals surface area contributed by atoms with Gasteiger partial charge < -0.3 is 5.32 Å². The van der Waals surface area contributed by atoms with Gasteiger partial charge in [0, 0.05) is 17.9 Å². The summed E-state index contributed by atoms with van der Waals surface area (Å²) < 4.78 is 0. The lowest BCUT2D eigenvalue weighted by Crippen LogP contribution is -2.46. The first-order valence-electron chi connectivity index (χ1n) is 5.59. The van der Waals surface area contributed by atoms with Crippen molar-refractivity contribution in [2.75, 3.05) is 12.8 Å². The molecule has 98 valence electrons. The van der Waals surface area contributed by atoms with Crippen LogP contribution in [0.4, 0.5) is 0 Å². The van der Waals surface area contributed by atoms with Crippen LogP contribution in [0, 0.1) is 0 Å². The van der Waals surface area contributed by atoms with Crippen molar-refractivity contribution in [2.24, 2.45) is 0 Å². The third-order valence-electron chi connectivity index (χ3n) is 2.15. The van der Waals surface area contributed by atoms with Crippen molar-refractivity contribution < 1.29 is 4.79 Å². The minimum Gasteiger partial charge on any atom is -0.362 e. The third-order valence-corrected chi connectivity index (χ3v) is 3.02. The van der Waals surface area contributed by atoms with Gasteiger partial charge >= 0.3 is 0 Å². The number of carbonyl (C=O) groups excluding carboxylic acids is 1. The average Bonchev–Trinajstić information content (AvgIpc) is 2.37. The fourth-order valence-electron chi connectivity index (χ4n) is 1.31. The van der Waals surface area contributed by atoms with Crippen LogP contribution in [-0.2, 0) is 5.75 Å². The zero-order valence-electron chi connectivity index (χ0n) is 10.4. The topological polar surface area (TPSA) is 53.2 Å². The summed E-state index contributed by atoms with van der Waals surface area (Å²) in [5.74, 6) is 0.746. The lowest BCUT2D eigenvalue weighted by Gasteiger charge is -2.10. The van der Waals surface area contributed by atoms with Crippen molar-refractivity contribution in [3.8, 4) is 0 Å². The van der Waals surface area contributed by atoms with Gasteiger partial charge in [0.25, 0.3) is 5.91 Å². The number of amides is 1. The molecule has 18 heavy (non-hydrogen) atoms. The monoisotopic (exact) mass is 283 g/mol. The maximum atomic E-state index is 11.8. The Morgan fingerprint density at radius 3 is 2.50 bits per heavy atom. The summed E-state index contributed by atoms with van der Waals surface area (Å²) >= 11 is 6.69. The van der Waals surface area contributed by atoms with Crippen LogP contribution >= 0.6 is 24.0 Å². The average molecular weight is 283 g/mol. The molecule has 0 bridgehead atoms. The minimum atomic E-state index is -0.203. The van der Waals surface area contributed by atoms with Gasteiger partial charge in [-0.2, -0.15) is 11.8 Å². The lowest BCUT2D eigenvalue weighted by molar-refractivity contribution is 0.0943. The molecule has 0 atom stereocenters. The zero-order valence-corrected chi connectivity index (χ0v) is 12.1. The summed E-state index contributed by atoms with van der Waals surface area (Å²) in [5.41, 5.74) is 6.98. The predicted octanol–water partition coefficient (Wildman–Crippen LogP) is 1.68. The van der Waals surface area contributed by atoms with Gasteiger partial charge in [0.15, 0.2) is 5.11 Å². The SMILES string of the molecule is CCNC(=S)NNC(=O)c1ccc(CSC)cc1. The van der Waals surface area contributed by atoms with E-state index in [0.717, 1.165) is 5.75 Å². The molecule has 1 aromatic carbocycles. The van der Waals surface area contributed by atoms with Crippen molar-refractivity contribution in [3.05, 3.63) is 35.4 Å². The molecule has 0 fully saturated rings. The second kappa shape index (κ2) is 7.94. The molecule has 0 aliphatic heterocycles. The molecule has 0 aliphatic rings. The Labute approximate surface area is 117 Å². The molecule has 0 spiro atoms. The number of hydrazine groups is 1. The highest BCUT2D eigenvalue weighted by molar-refractivity contribution is 7.97. The van der Waals surface area contributed by atoms with Crippen molar-refractivity contribution in [3.63, 3.8) is 0 Å². The summed E-state index contributed by atoms with van der Waals surface area (Å²) in [7, 11) is 0. The summed E-state index contributed by atoms with van der Waals surface area (Å²) in [6.07, 6.45) is 2.05. The van der Waals surface area contributed by atoms with Crippen LogP contribution in [0.15, 0.2) is 24.3 Å². The Bertz CT molecular complexity index is 406. The van der Waals surface area contributed by atoms with E-state index in [1.54, 1.807) is 23.9 Å². The number of hydrogen-bond donors (Lipinski definition) is 3. The van der Waals surface area contributed by atoms with Crippen molar-refractivity contribution in [1.82, 2.24) is 16.2 Å². The summed E-state index contributed by atoms with van der Waals surface area (Å²) in [6, 6.07) is 7.51. The molecule has 3 N–H and O–H groups in total. The molecule has 0 aliphatic carbocycles. The van der Waals surface area contributed by atoms with E-state index in [2.05, 4.69) is 16.2 Å². The predicted molar refractivity (Wildman–Crippen MR) is 80.5 cm³/mol. The highest BCUT2D eigenvalue weighted by Crippen LogP contribution is 2.10. The number of thiocarbonyl (C=S) groups is 1.